The Labute approximate surface area is 169 Å². The Bertz CT molecular complexity index is 627. The van der Waals surface area contributed by atoms with Gasteiger partial charge in [-0.2, -0.15) is 13.5 Å². The molecule has 3 aromatic rings. The second-order valence-electron chi connectivity index (χ2n) is 4.31. The molecule has 0 aliphatic heterocycles. The molecular weight excluding hydrogens is 435 g/mol. The third-order valence-electron chi connectivity index (χ3n) is 2.75. The summed E-state index contributed by atoms with van der Waals surface area (Å²) < 4.78 is 0. The summed E-state index contributed by atoms with van der Waals surface area (Å²) in [7, 11) is 0. The van der Waals surface area contributed by atoms with Crippen LogP contribution in [-0.4, -0.2) is 0 Å². The van der Waals surface area contributed by atoms with Crippen molar-refractivity contribution in [2.75, 3.05) is 0 Å². The van der Waals surface area contributed by atoms with Gasteiger partial charge in [-0.05, 0) is 47.5 Å². The highest BCUT2D eigenvalue weighted by molar-refractivity contribution is 8.93. The minimum Gasteiger partial charge on any atom is -0.197 e. The third-order valence-corrected chi connectivity index (χ3v) is 3.51. The largest absolute Gasteiger partial charge is 0.197 e. The third kappa shape index (κ3) is 8.14. The summed E-state index contributed by atoms with van der Waals surface area (Å²) in [5.74, 6) is 0. The van der Waals surface area contributed by atoms with Gasteiger partial charge in [0.1, 0.15) is 0 Å². The molecule has 0 aromatic heterocycles. The zero-order valence-electron chi connectivity index (χ0n) is 12.0. The van der Waals surface area contributed by atoms with Crippen LogP contribution in [0.1, 0.15) is 0 Å². The van der Waals surface area contributed by atoms with Gasteiger partial charge in [-0.3, -0.25) is 0 Å². The molecule has 0 N–H and O–H groups in total. The zero-order chi connectivity index (χ0) is 15.1. The molecule has 0 heterocycles. The number of hydrogen-bond donors (Lipinski definition) is 0. The lowest BCUT2D eigenvalue weighted by atomic mass is 10.1. The second kappa shape index (κ2) is 11.8. The van der Waals surface area contributed by atoms with Crippen molar-refractivity contribution in [2.24, 2.45) is 0 Å². The highest BCUT2D eigenvalue weighted by Crippen LogP contribution is 2.22. The zero-order valence-corrected chi connectivity index (χ0v) is 17.0. The van der Waals surface area contributed by atoms with Crippen molar-refractivity contribution in [3.8, 4) is 11.1 Å². The van der Waals surface area contributed by atoms with Crippen LogP contribution in [0.3, 0.4) is 0 Å². The number of benzene rings is 3. The van der Waals surface area contributed by atoms with E-state index in [4.69, 9.17) is 34.8 Å². The van der Waals surface area contributed by atoms with E-state index in [1.807, 2.05) is 78.9 Å². The smallest absolute Gasteiger partial charge is 0.0406 e. The van der Waals surface area contributed by atoms with E-state index >= 15 is 0 Å². The molecule has 0 radical (unpaired) electrons. The van der Waals surface area contributed by atoms with Crippen molar-refractivity contribution < 1.29 is 0 Å². The fourth-order valence-electron chi connectivity index (χ4n) is 1.70. The summed E-state index contributed by atoms with van der Waals surface area (Å²) in [6.07, 6.45) is 0. The Kier molecular flexibility index (Phi) is 11.5. The van der Waals surface area contributed by atoms with Gasteiger partial charge in [0, 0.05) is 15.1 Å². The molecule has 23 heavy (non-hydrogen) atoms. The first kappa shape index (κ1) is 22.4. The first-order valence-electron chi connectivity index (χ1n) is 6.37. The maximum Gasteiger partial charge on any atom is 0.0406 e. The predicted octanol–water partition coefficient (Wildman–Crippen LogP) is 7.69. The van der Waals surface area contributed by atoms with E-state index in [-0.39, 0.29) is 30.5 Å². The summed E-state index contributed by atoms with van der Waals surface area (Å²) >= 11 is 17.1. The molecule has 0 unspecified atom stereocenters. The fourth-order valence-corrected chi connectivity index (χ4v) is 2.10. The molecule has 5 heteroatoms. The van der Waals surface area contributed by atoms with Crippen LogP contribution in [-0.2, 0) is 0 Å². The van der Waals surface area contributed by atoms with Crippen LogP contribution in [0.25, 0.3) is 11.1 Å². The van der Waals surface area contributed by atoms with Crippen LogP contribution in [0.4, 0.5) is 0 Å². The molecule has 0 bridgehead atoms. The van der Waals surface area contributed by atoms with Crippen molar-refractivity contribution in [3.63, 3.8) is 0 Å². The lowest BCUT2D eigenvalue weighted by Gasteiger charge is -2.01. The molecule has 0 saturated carbocycles. The highest BCUT2D eigenvalue weighted by atomic mass is 79.9. The van der Waals surface area contributed by atoms with Gasteiger partial charge in [-0.15, -0.1) is 17.0 Å². The maximum absolute atomic E-state index is 5.80. The Morgan fingerprint density at radius 3 is 1.00 bits per heavy atom. The van der Waals surface area contributed by atoms with E-state index in [0.29, 0.717) is 0 Å². The van der Waals surface area contributed by atoms with Crippen LogP contribution in [0.2, 0.25) is 15.1 Å². The molecule has 0 nitrogen and oxygen atoms in total. The average molecular weight is 451 g/mol. The van der Waals surface area contributed by atoms with Crippen LogP contribution >= 0.6 is 65.3 Å². The van der Waals surface area contributed by atoms with Gasteiger partial charge < -0.3 is 0 Å². The summed E-state index contributed by atoms with van der Waals surface area (Å²) in [5, 5.41) is 2.30. The van der Waals surface area contributed by atoms with Crippen molar-refractivity contribution in [2.45, 2.75) is 0 Å². The Balaban J connectivity index is 0.000000463. The van der Waals surface area contributed by atoms with Gasteiger partial charge in [0.2, 0.25) is 0 Å². The number of rotatable bonds is 1. The van der Waals surface area contributed by atoms with E-state index in [1.165, 1.54) is 0 Å². The van der Waals surface area contributed by atoms with Crippen molar-refractivity contribution in [1.82, 2.24) is 0 Å². The minimum atomic E-state index is 0. The second-order valence-corrected chi connectivity index (χ2v) is 5.62. The van der Waals surface area contributed by atoms with Gasteiger partial charge in [0.25, 0.3) is 0 Å². The van der Waals surface area contributed by atoms with E-state index in [0.717, 1.165) is 26.2 Å². The molecule has 0 aliphatic carbocycles. The molecule has 0 saturated heterocycles. The summed E-state index contributed by atoms with van der Waals surface area (Å²) in [4.78, 5) is 0. The molecular formula is C18H16BrCl3S. The van der Waals surface area contributed by atoms with Crippen LogP contribution in [0.15, 0.2) is 78.9 Å². The lowest BCUT2D eigenvalue weighted by molar-refractivity contribution is 1.62. The number of hydrogen-bond acceptors (Lipinski definition) is 0. The van der Waals surface area contributed by atoms with Gasteiger partial charge in [0.15, 0.2) is 0 Å². The van der Waals surface area contributed by atoms with Crippen LogP contribution in [0, 0.1) is 0 Å². The SMILES string of the molecule is Br.Clc1ccc(-c2ccc(Cl)cc2)cc1.Clc1ccccc1.S. The molecule has 122 valence electrons. The van der Waals surface area contributed by atoms with Crippen LogP contribution < -0.4 is 0 Å². The topological polar surface area (TPSA) is 0 Å². The molecule has 0 aliphatic rings. The van der Waals surface area contributed by atoms with Crippen molar-refractivity contribution in [3.05, 3.63) is 93.9 Å². The van der Waals surface area contributed by atoms with Gasteiger partial charge in [0.05, 0.1) is 0 Å². The lowest BCUT2D eigenvalue weighted by Crippen LogP contribution is -1.76. The summed E-state index contributed by atoms with van der Waals surface area (Å²) in [5.41, 5.74) is 2.29. The maximum atomic E-state index is 5.80. The Hall–Kier alpha value is -0.640. The molecule has 0 amide bonds. The monoisotopic (exact) mass is 448 g/mol. The van der Waals surface area contributed by atoms with Crippen molar-refractivity contribution >= 4 is 65.3 Å². The normalized spacial score (nSPS) is 8.83. The summed E-state index contributed by atoms with van der Waals surface area (Å²) in [6.45, 7) is 0. The standard InChI is InChI=1S/C12H8Cl2.C6H5Cl.BrH.H2S/c13-11-5-1-9(2-6-11)10-3-7-12(14)8-4-10;7-6-4-2-1-3-5-6;;/h1-8H;1-5H;1H;1H2. The highest BCUT2D eigenvalue weighted by Gasteiger charge is 1.96. The molecule has 0 fully saturated rings. The number of halogens is 4. The van der Waals surface area contributed by atoms with Gasteiger partial charge >= 0.3 is 0 Å². The van der Waals surface area contributed by atoms with E-state index in [2.05, 4.69) is 0 Å². The van der Waals surface area contributed by atoms with Gasteiger partial charge in [-0.25, -0.2) is 0 Å². The van der Waals surface area contributed by atoms with E-state index in [1.54, 1.807) is 0 Å². The Morgan fingerprint density at radius 1 is 0.435 bits per heavy atom. The first-order chi connectivity index (χ1) is 10.1. The predicted molar refractivity (Wildman–Crippen MR) is 114 cm³/mol. The molecule has 0 atom stereocenters. The molecule has 3 rings (SSSR count). The van der Waals surface area contributed by atoms with Crippen LogP contribution in [0.5, 0.6) is 0 Å². The first-order valence-corrected chi connectivity index (χ1v) is 7.50. The quantitative estimate of drug-likeness (QED) is 0.356. The van der Waals surface area contributed by atoms with E-state index < -0.39 is 0 Å². The molecule has 3 aromatic carbocycles. The van der Waals surface area contributed by atoms with Crippen molar-refractivity contribution in [1.29, 1.82) is 0 Å². The average Bonchev–Trinajstić information content (AvgIpc) is 2.50. The Morgan fingerprint density at radius 2 is 0.739 bits per heavy atom. The minimum absolute atomic E-state index is 0. The van der Waals surface area contributed by atoms with Gasteiger partial charge in [-0.1, -0.05) is 77.3 Å². The van der Waals surface area contributed by atoms with E-state index in [9.17, 15) is 0 Å². The molecule has 0 spiro atoms. The summed E-state index contributed by atoms with van der Waals surface area (Å²) in [6, 6.07) is 24.9. The fraction of sp³-hybridized carbons (Fsp3) is 0.